The van der Waals surface area contributed by atoms with Gasteiger partial charge in [-0.2, -0.15) is 18.2 Å². The molecule has 3 saturated heterocycles. The predicted octanol–water partition coefficient (Wildman–Crippen LogP) is 7.78. The Morgan fingerprint density at radius 3 is 2.17 bits per heavy atom. The fourth-order valence-electron chi connectivity index (χ4n) is 10.9. The third kappa shape index (κ3) is 6.99. The van der Waals surface area contributed by atoms with E-state index in [0.29, 0.717) is 59.9 Å². The molecule has 9 rings (SSSR count). The Morgan fingerprint density at radius 2 is 1.56 bits per heavy atom. The third-order valence-electron chi connectivity index (χ3n) is 13.6. The minimum atomic E-state index is -4.77. The SMILES string of the molecule is COc1cc(O)cc(OC)c1C1C2=CCC3C(=O)N(C4CCN(Cc5ccccc5)CC4)C(=O)C3C2CC2C(=O)N(Nc3ncc(C(F)(F)F)cc3Cl)C(=O)C21c1ccc(Cl)cc1. The summed E-state index contributed by atoms with van der Waals surface area (Å²) in [4.78, 5) is 67.8. The zero-order valence-corrected chi connectivity index (χ0v) is 35.6. The number of fused-ring (bicyclic) bond motifs is 4. The number of imide groups is 2. The molecule has 6 unspecified atom stereocenters. The minimum absolute atomic E-state index is 0.0614. The highest BCUT2D eigenvalue weighted by molar-refractivity contribution is 6.33. The molecule has 4 aromatic rings. The third-order valence-corrected chi connectivity index (χ3v) is 14.1. The van der Waals surface area contributed by atoms with Crippen LogP contribution in [0.5, 0.6) is 17.2 Å². The number of phenolic OH excluding ortho intramolecular Hbond substituents is 1. The number of alkyl halides is 3. The number of hydrogen-bond donors (Lipinski definition) is 2. The van der Waals surface area contributed by atoms with Gasteiger partial charge in [0.15, 0.2) is 5.82 Å². The maximum Gasteiger partial charge on any atom is 0.417 e. The number of pyridine rings is 1. The van der Waals surface area contributed by atoms with Gasteiger partial charge < -0.3 is 14.6 Å². The highest BCUT2D eigenvalue weighted by Crippen LogP contribution is 2.66. The number of hydrazine groups is 1. The van der Waals surface area contributed by atoms with Gasteiger partial charge in [-0.25, -0.2) is 4.98 Å². The van der Waals surface area contributed by atoms with Crippen molar-refractivity contribution in [1.82, 2.24) is 19.8 Å². The van der Waals surface area contributed by atoms with Crippen molar-refractivity contribution in [2.24, 2.45) is 23.7 Å². The second-order valence-corrected chi connectivity index (χ2v) is 17.6. The average Bonchev–Trinajstić information content (AvgIpc) is 3.65. The largest absolute Gasteiger partial charge is 0.508 e. The lowest BCUT2D eigenvalue weighted by molar-refractivity contribution is -0.144. The molecular weight excluding hydrogens is 862 g/mol. The van der Waals surface area contributed by atoms with Gasteiger partial charge in [0.2, 0.25) is 11.8 Å². The molecule has 2 N–H and O–H groups in total. The van der Waals surface area contributed by atoms with Crippen LogP contribution in [0.25, 0.3) is 0 Å². The monoisotopic (exact) mass is 903 g/mol. The number of rotatable bonds is 9. The molecule has 2 aliphatic carbocycles. The number of anilines is 1. The summed E-state index contributed by atoms with van der Waals surface area (Å²) in [5.41, 5.74) is 2.07. The molecule has 4 heterocycles. The second kappa shape index (κ2) is 16.2. The molecule has 6 atom stereocenters. The molecule has 17 heteroatoms. The number of nitrogens with one attached hydrogen (secondary N) is 1. The lowest BCUT2D eigenvalue weighted by atomic mass is 9.49. The van der Waals surface area contributed by atoms with E-state index in [0.717, 1.165) is 11.6 Å². The number of halogens is 5. The number of nitrogens with zero attached hydrogens (tertiary/aromatic N) is 4. The molecule has 3 aromatic carbocycles. The summed E-state index contributed by atoms with van der Waals surface area (Å²) in [6.45, 7) is 2.12. The average molecular weight is 905 g/mol. The first-order valence-electron chi connectivity index (χ1n) is 20.6. The minimum Gasteiger partial charge on any atom is -0.508 e. The molecule has 1 aromatic heterocycles. The van der Waals surface area contributed by atoms with Gasteiger partial charge in [-0.3, -0.25) is 34.4 Å². The number of likely N-dealkylation sites (tertiary alicyclic amines) is 2. The Morgan fingerprint density at radius 1 is 0.889 bits per heavy atom. The first kappa shape index (κ1) is 42.7. The summed E-state index contributed by atoms with van der Waals surface area (Å²) < 4.78 is 52.6. The quantitative estimate of drug-likeness (QED) is 0.126. The van der Waals surface area contributed by atoms with Gasteiger partial charge in [0.05, 0.1) is 48.0 Å². The topological polar surface area (TPSA) is 142 Å². The number of aromatic nitrogens is 1. The molecule has 4 fully saturated rings. The highest BCUT2D eigenvalue weighted by atomic mass is 35.5. The van der Waals surface area contributed by atoms with Gasteiger partial charge in [-0.1, -0.05) is 77.3 Å². The summed E-state index contributed by atoms with van der Waals surface area (Å²) >= 11 is 12.7. The molecule has 1 saturated carbocycles. The summed E-state index contributed by atoms with van der Waals surface area (Å²) in [6.07, 6.45) is -1.06. The highest BCUT2D eigenvalue weighted by Gasteiger charge is 2.71. The van der Waals surface area contributed by atoms with Gasteiger partial charge >= 0.3 is 6.18 Å². The molecule has 0 bridgehead atoms. The Labute approximate surface area is 370 Å². The van der Waals surface area contributed by atoms with Crippen molar-refractivity contribution in [3.8, 4) is 17.2 Å². The number of carbonyl (C=O) groups excluding carboxylic acids is 4. The van der Waals surface area contributed by atoms with Crippen molar-refractivity contribution in [1.29, 1.82) is 0 Å². The number of aromatic hydroxyl groups is 1. The Bertz CT molecular complexity index is 2510. The zero-order valence-electron chi connectivity index (χ0n) is 34.1. The standard InChI is InChI=1S/C46H42Cl2F3N5O7/c1-62-35-19-29(57)20-36(63-2)38(35)39-30-12-13-31-37(43(60)55(41(31)58)28-14-16-54(17-15-28)23-24-6-4-3-5-7-24)32(30)21-33-42(59)56(44(61)45(33,39)25-8-10-27(47)11-9-25)53-40-34(48)18-26(22-52-40)46(49,50)51/h3-12,18-20,22,28,31-33,37,39,57H,13-17,21,23H2,1-2H3,(H,52,53). The van der Waals surface area contributed by atoms with E-state index >= 15 is 9.59 Å². The number of hydrogen-bond acceptors (Lipinski definition) is 10. The van der Waals surface area contributed by atoms with Crippen molar-refractivity contribution in [3.63, 3.8) is 0 Å². The van der Waals surface area contributed by atoms with E-state index in [1.54, 1.807) is 24.3 Å². The van der Waals surface area contributed by atoms with Gasteiger partial charge in [0.1, 0.15) is 17.2 Å². The normalized spacial score (nSPS) is 26.3. The second-order valence-electron chi connectivity index (χ2n) is 16.7. The van der Waals surface area contributed by atoms with Crippen LogP contribution in [0.2, 0.25) is 10.0 Å². The zero-order chi connectivity index (χ0) is 44.5. The van der Waals surface area contributed by atoms with Crippen LogP contribution in [-0.2, 0) is 37.3 Å². The molecule has 12 nitrogen and oxygen atoms in total. The van der Waals surface area contributed by atoms with Crippen LogP contribution in [0.1, 0.15) is 53.9 Å². The van der Waals surface area contributed by atoms with E-state index in [1.807, 2.05) is 24.3 Å². The van der Waals surface area contributed by atoms with Crippen LogP contribution >= 0.6 is 23.2 Å². The summed E-state index contributed by atoms with van der Waals surface area (Å²) in [6, 6.07) is 19.5. The summed E-state index contributed by atoms with van der Waals surface area (Å²) in [5, 5.41) is 11.4. The summed E-state index contributed by atoms with van der Waals surface area (Å²) in [5.74, 6) is -7.28. The van der Waals surface area contributed by atoms with Crippen molar-refractivity contribution in [2.75, 3.05) is 32.7 Å². The van der Waals surface area contributed by atoms with Gasteiger partial charge in [0.25, 0.3) is 11.8 Å². The number of ether oxygens (including phenoxy) is 2. The first-order valence-corrected chi connectivity index (χ1v) is 21.3. The van der Waals surface area contributed by atoms with Crippen LogP contribution in [0.4, 0.5) is 19.0 Å². The van der Waals surface area contributed by atoms with E-state index in [1.165, 1.54) is 36.8 Å². The number of methoxy groups -OCH3 is 2. The summed E-state index contributed by atoms with van der Waals surface area (Å²) in [7, 11) is 2.76. The molecule has 328 valence electrons. The molecule has 5 aliphatic rings. The number of piperidine rings is 1. The van der Waals surface area contributed by atoms with Crippen molar-refractivity contribution in [2.45, 2.75) is 55.8 Å². The van der Waals surface area contributed by atoms with Crippen molar-refractivity contribution in [3.05, 3.63) is 123 Å². The van der Waals surface area contributed by atoms with Gasteiger partial charge in [-0.05, 0) is 60.9 Å². The molecular formula is C46H42Cl2F3N5O7. The van der Waals surface area contributed by atoms with Crippen LogP contribution in [0.3, 0.4) is 0 Å². The lowest BCUT2D eigenvalue weighted by Crippen LogP contribution is -2.53. The van der Waals surface area contributed by atoms with E-state index < -0.39 is 63.6 Å². The number of phenols is 1. The molecule has 63 heavy (non-hydrogen) atoms. The van der Waals surface area contributed by atoms with Crippen LogP contribution in [0.15, 0.2) is 90.6 Å². The molecule has 3 aliphatic heterocycles. The fourth-order valence-corrected chi connectivity index (χ4v) is 11.2. The number of amides is 4. The van der Waals surface area contributed by atoms with Crippen molar-refractivity contribution < 1.29 is 46.9 Å². The lowest BCUT2D eigenvalue weighted by Gasteiger charge is -2.51. The van der Waals surface area contributed by atoms with Gasteiger partial charge in [0, 0.05) is 60.5 Å². The predicted molar refractivity (Wildman–Crippen MR) is 225 cm³/mol. The van der Waals surface area contributed by atoms with Crippen LogP contribution in [-0.4, -0.2) is 81.9 Å². The van der Waals surface area contributed by atoms with E-state index in [-0.39, 0.29) is 53.8 Å². The van der Waals surface area contributed by atoms with Crippen molar-refractivity contribution >= 4 is 52.6 Å². The van der Waals surface area contributed by atoms with E-state index in [4.69, 9.17) is 32.7 Å². The molecule has 0 radical (unpaired) electrons. The maximum atomic E-state index is 15.6. The molecule has 4 amide bonds. The number of benzene rings is 3. The Kier molecular flexibility index (Phi) is 10.9. The fraction of sp³-hybridized carbons (Fsp3) is 0.370. The maximum absolute atomic E-state index is 15.6. The van der Waals surface area contributed by atoms with Gasteiger partial charge in [-0.15, -0.1) is 0 Å². The number of carbonyl (C=O) groups is 4. The first-order chi connectivity index (χ1) is 30.2. The smallest absolute Gasteiger partial charge is 0.417 e. The Balaban J connectivity index is 1.15. The molecule has 0 spiro atoms. The van der Waals surface area contributed by atoms with E-state index in [9.17, 15) is 27.9 Å². The van der Waals surface area contributed by atoms with E-state index in [2.05, 4.69) is 27.4 Å². The van der Waals surface area contributed by atoms with Crippen LogP contribution in [0, 0.1) is 23.7 Å². The van der Waals surface area contributed by atoms with Crippen LogP contribution < -0.4 is 14.9 Å². The number of allylic oxidation sites excluding steroid dienone is 2. The Hall–Kier alpha value is -5.64.